The Morgan fingerprint density at radius 1 is 1.50 bits per heavy atom. The average molecular weight is 332 g/mol. The van der Waals surface area contributed by atoms with Crippen LogP contribution in [0.15, 0.2) is 12.1 Å². The number of ether oxygens (including phenoxy) is 4. The SMILES string of the molecule is [C-]#[N+][C@@]1(C)C[C@@H](C(=O)OCC)N[C@H]1c1cc(OC)c2c(c1)OCO2. The van der Waals surface area contributed by atoms with Gasteiger partial charge in [0, 0.05) is 6.92 Å². The van der Waals surface area contributed by atoms with Crippen LogP contribution < -0.4 is 19.5 Å². The van der Waals surface area contributed by atoms with Crippen LogP contribution >= 0.6 is 0 Å². The van der Waals surface area contributed by atoms with Crippen LogP contribution in [0.5, 0.6) is 17.2 Å². The summed E-state index contributed by atoms with van der Waals surface area (Å²) >= 11 is 0. The molecule has 0 unspecified atom stereocenters. The zero-order chi connectivity index (χ0) is 17.3. The number of carbonyl (C=O) groups is 1. The number of nitrogens with zero attached hydrogens (tertiary/aromatic N) is 1. The van der Waals surface area contributed by atoms with Crippen LogP contribution in [0.4, 0.5) is 0 Å². The number of nitrogens with one attached hydrogen (secondary N) is 1. The molecule has 0 spiro atoms. The van der Waals surface area contributed by atoms with E-state index < -0.39 is 11.6 Å². The molecular weight excluding hydrogens is 312 g/mol. The van der Waals surface area contributed by atoms with Gasteiger partial charge in [-0.15, -0.1) is 0 Å². The van der Waals surface area contributed by atoms with Gasteiger partial charge in [0.05, 0.1) is 20.1 Å². The Morgan fingerprint density at radius 3 is 2.96 bits per heavy atom. The molecule has 7 nitrogen and oxygen atoms in total. The Kier molecular flexibility index (Phi) is 4.24. The Hall–Kier alpha value is -2.46. The molecule has 0 saturated carbocycles. The van der Waals surface area contributed by atoms with E-state index in [0.29, 0.717) is 30.3 Å². The first-order chi connectivity index (χ1) is 11.5. The normalized spacial score (nSPS) is 27.6. The highest BCUT2D eigenvalue weighted by atomic mass is 16.7. The second kappa shape index (κ2) is 6.21. The monoisotopic (exact) mass is 332 g/mol. The van der Waals surface area contributed by atoms with E-state index in [1.165, 1.54) is 0 Å². The van der Waals surface area contributed by atoms with Gasteiger partial charge in [0.15, 0.2) is 11.5 Å². The standard InChI is InChI=1S/C17H20N2O5/c1-5-22-16(20)11-8-17(2,18-3)15(19-11)10-6-12(21-4)14-13(7-10)23-9-24-14/h6-7,11,15,19H,5,8-9H2,1-2,4H3/t11-,15-,17-/m0/s1. The van der Waals surface area contributed by atoms with E-state index in [-0.39, 0.29) is 18.8 Å². The third kappa shape index (κ3) is 2.63. The predicted octanol–water partition coefficient (Wildman–Crippen LogP) is 2.07. The third-order valence-corrected chi connectivity index (χ3v) is 4.45. The summed E-state index contributed by atoms with van der Waals surface area (Å²) in [5.41, 5.74) is 0.0530. The van der Waals surface area contributed by atoms with E-state index in [9.17, 15) is 4.79 Å². The molecule has 0 amide bonds. The van der Waals surface area contributed by atoms with Gasteiger partial charge in [0.1, 0.15) is 12.1 Å². The molecule has 1 fully saturated rings. The van der Waals surface area contributed by atoms with Gasteiger partial charge < -0.3 is 23.8 Å². The maximum absolute atomic E-state index is 12.1. The van der Waals surface area contributed by atoms with E-state index in [1.54, 1.807) is 14.0 Å². The van der Waals surface area contributed by atoms with E-state index >= 15 is 0 Å². The summed E-state index contributed by atoms with van der Waals surface area (Å²) in [6.45, 7) is 11.7. The van der Waals surface area contributed by atoms with Gasteiger partial charge in [0.25, 0.3) is 5.54 Å². The molecule has 1 N–H and O–H groups in total. The average Bonchev–Trinajstić information content (AvgIpc) is 3.18. The first kappa shape index (κ1) is 16.4. The summed E-state index contributed by atoms with van der Waals surface area (Å²) in [6, 6.07) is 2.81. The van der Waals surface area contributed by atoms with E-state index in [2.05, 4.69) is 10.2 Å². The van der Waals surface area contributed by atoms with Gasteiger partial charge in [-0.2, -0.15) is 0 Å². The highest BCUT2D eigenvalue weighted by molar-refractivity contribution is 5.77. The van der Waals surface area contributed by atoms with Crippen LogP contribution in [-0.2, 0) is 9.53 Å². The smallest absolute Gasteiger partial charge is 0.323 e. The molecule has 2 heterocycles. The molecule has 0 bridgehead atoms. The molecular formula is C17H20N2O5. The summed E-state index contributed by atoms with van der Waals surface area (Å²) < 4.78 is 21.3. The molecule has 3 rings (SSSR count). The number of benzene rings is 1. The van der Waals surface area contributed by atoms with Crippen molar-refractivity contribution in [3.05, 3.63) is 29.1 Å². The van der Waals surface area contributed by atoms with E-state index in [1.807, 2.05) is 19.1 Å². The van der Waals surface area contributed by atoms with Crippen molar-refractivity contribution in [2.45, 2.75) is 37.9 Å². The molecule has 1 aromatic rings. The lowest BCUT2D eigenvalue weighted by Crippen LogP contribution is -2.34. The highest BCUT2D eigenvalue weighted by Gasteiger charge is 2.53. The van der Waals surface area contributed by atoms with Crippen molar-refractivity contribution in [1.82, 2.24) is 5.32 Å². The summed E-state index contributed by atoms with van der Waals surface area (Å²) in [5.74, 6) is 1.36. The number of rotatable bonds is 4. The minimum atomic E-state index is -0.768. The first-order valence-corrected chi connectivity index (χ1v) is 7.81. The molecule has 24 heavy (non-hydrogen) atoms. The number of methoxy groups -OCH3 is 1. The van der Waals surface area contributed by atoms with Crippen LogP contribution in [0.25, 0.3) is 4.85 Å². The molecule has 2 aliphatic heterocycles. The Labute approximate surface area is 140 Å². The lowest BCUT2D eigenvalue weighted by atomic mass is 9.87. The lowest BCUT2D eigenvalue weighted by Gasteiger charge is -2.20. The molecule has 0 aromatic heterocycles. The Bertz CT molecular complexity index is 699. The van der Waals surface area contributed by atoms with Crippen LogP contribution in [0.2, 0.25) is 0 Å². The van der Waals surface area contributed by atoms with Gasteiger partial charge in [-0.3, -0.25) is 10.1 Å². The second-order valence-electron chi connectivity index (χ2n) is 6.03. The first-order valence-electron chi connectivity index (χ1n) is 7.81. The van der Waals surface area contributed by atoms with E-state index in [0.717, 1.165) is 5.56 Å². The number of hydrogen-bond donors (Lipinski definition) is 1. The van der Waals surface area contributed by atoms with Crippen LogP contribution in [0.1, 0.15) is 31.9 Å². The molecule has 0 radical (unpaired) electrons. The third-order valence-electron chi connectivity index (χ3n) is 4.45. The zero-order valence-electron chi connectivity index (χ0n) is 13.9. The highest BCUT2D eigenvalue weighted by Crippen LogP contribution is 2.47. The van der Waals surface area contributed by atoms with Gasteiger partial charge in [0.2, 0.25) is 12.5 Å². The van der Waals surface area contributed by atoms with Crippen molar-refractivity contribution < 1.29 is 23.7 Å². The van der Waals surface area contributed by atoms with E-state index in [4.69, 9.17) is 25.5 Å². The van der Waals surface area contributed by atoms with Crippen molar-refractivity contribution in [2.24, 2.45) is 0 Å². The summed E-state index contributed by atoms with van der Waals surface area (Å²) in [4.78, 5) is 15.9. The second-order valence-corrected chi connectivity index (χ2v) is 6.03. The van der Waals surface area contributed by atoms with Crippen molar-refractivity contribution in [1.29, 1.82) is 0 Å². The van der Waals surface area contributed by atoms with Gasteiger partial charge in [-0.05, 0) is 24.6 Å². The Balaban J connectivity index is 1.96. The molecule has 1 aromatic carbocycles. The quantitative estimate of drug-likeness (QED) is 0.672. The van der Waals surface area contributed by atoms with Gasteiger partial charge in [-0.25, -0.2) is 6.57 Å². The summed E-state index contributed by atoms with van der Waals surface area (Å²) in [7, 11) is 1.55. The number of hydrogen-bond acceptors (Lipinski definition) is 6. The molecule has 0 aliphatic carbocycles. The maximum Gasteiger partial charge on any atom is 0.323 e. The predicted molar refractivity (Wildman–Crippen MR) is 85.0 cm³/mol. The van der Waals surface area contributed by atoms with Crippen molar-refractivity contribution >= 4 is 5.97 Å². The van der Waals surface area contributed by atoms with Crippen molar-refractivity contribution in [2.75, 3.05) is 20.5 Å². The Morgan fingerprint density at radius 2 is 2.29 bits per heavy atom. The molecule has 2 aliphatic rings. The van der Waals surface area contributed by atoms with Gasteiger partial charge >= 0.3 is 5.97 Å². The molecule has 3 atom stereocenters. The molecule has 7 heteroatoms. The zero-order valence-corrected chi connectivity index (χ0v) is 13.9. The summed E-state index contributed by atoms with van der Waals surface area (Å²) in [6.07, 6.45) is 0.386. The lowest BCUT2D eigenvalue weighted by molar-refractivity contribution is -0.145. The van der Waals surface area contributed by atoms with Crippen LogP contribution in [-0.4, -0.2) is 38.1 Å². The summed E-state index contributed by atoms with van der Waals surface area (Å²) in [5, 5.41) is 3.24. The van der Waals surface area contributed by atoms with Crippen molar-refractivity contribution in [3.63, 3.8) is 0 Å². The van der Waals surface area contributed by atoms with Crippen LogP contribution in [0.3, 0.4) is 0 Å². The van der Waals surface area contributed by atoms with Gasteiger partial charge in [-0.1, -0.05) is 0 Å². The number of fused-ring (bicyclic) bond motifs is 1. The minimum Gasteiger partial charge on any atom is -0.493 e. The maximum atomic E-state index is 12.1. The fraction of sp³-hybridized carbons (Fsp3) is 0.529. The van der Waals surface area contributed by atoms with Crippen molar-refractivity contribution in [3.8, 4) is 17.2 Å². The number of carbonyl (C=O) groups excluding carboxylic acids is 1. The fourth-order valence-electron chi connectivity index (χ4n) is 3.25. The fourth-order valence-corrected chi connectivity index (χ4v) is 3.25. The molecule has 1 saturated heterocycles. The largest absolute Gasteiger partial charge is 0.493 e. The topological polar surface area (TPSA) is 70.4 Å². The molecule has 128 valence electrons. The van der Waals surface area contributed by atoms with Crippen LogP contribution in [0, 0.1) is 6.57 Å². The number of esters is 1. The minimum absolute atomic E-state index is 0.138.